The van der Waals surface area contributed by atoms with Crippen LogP contribution in [0.25, 0.3) is 0 Å². The Morgan fingerprint density at radius 3 is 2.50 bits per heavy atom. The molecule has 2 aliphatic carbocycles. The van der Waals surface area contributed by atoms with E-state index >= 15 is 0 Å². The SMILES string of the molecule is COC(=O)[C@]1(O)C[C@H](c2ccccc2)[C@H]2C[C@H](C)CC=C2C1(C)C. The van der Waals surface area contributed by atoms with Gasteiger partial charge in [0, 0.05) is 5.41 Å². The summed E-state index contributed by atoms with van der Waals surface area (Å²) in [6, 6.07) is 10.3. The Balaban J connectivity index is 2.12. The Kier molecular flexibility index (Phi) is 4.33. The molecule has 0 saturated heterocycles. The van der Waals surface area contributed by atoms with E-state index in [0.29, 0.717) is 18.3 Å². The van der Waals surface area contributed by atoms with E-state index in [1.54, 1.807) is 0 Å². The van der Waals surface area contributed by atoms with Crippen LogP contribution in [0.15, 0.2) is 42.0 Å². The Hall–Kier alpha value is -1.61. The summed E-state index contributed by atoms with van der Waals surface area (Å²) in [4.78, 5) is 12.5. The van der Waals surface area contributed by atoms with Crippen LogP contribution in [0.4, 0.5) is 0 Å². The molecule has 24 heavy (non-hydrogen) atoms. The van der Waals surface area contributed by atoms with Crippen LogP contribution in [-0.4, -0.2) is 23.8 Å². The van der Waals surface area contributed by atoms with Crippen molar-refractivity contribution in [2.45, 2.75) is 51.6 Å². The highest BCUT2D eigenvalue weighted by atomic mass is 16.5. The first-order valence-corrected chi connectivity index (χ1v) is 8.87. The van der Waals surface area contributed by atoms with Crippen LogP contribution in [0.5, 0.6) is 0 Å². The molecule has 0 spiro atoms. The molecule has 1 saturated carbocycles. The summed E-state index contributed by atoms with van der Waals surface area (Å²) >= 11 is 0. The van der Waals surface area contributed by atoms with E-state index in [1.807, 2.05) is 32.0 Å². The van der Waals surface area contributed by atoms with Gasteiger partial charge in [-0.25, -0.2) is 4.79 Å². The molecule has 3 rings (SSSR count). The van der Waals surface area contributed by atoms with Crippen molar-refractivity contribution in [3.63, 3.8) is 0 Å². The second kappa shape index (κ2) is 6.03. The molecular weight excluding hydrogens is 300 g/mol. The number of ether oxygens (including phenoxy) is 1. The molecule has 4 atom stereocenters. The number of rotatable bonds is 2. The van der Waals surface area contributed by atoms with Crippen LogP contribution in [0, 0.1) is 17.3 Å². The zero-order chi connectivity index (χ0) is 17.5. The Bertz CT molecular complexity index is 646. The molecular formula is C21H28O3. The summed E-state index contributed by atoms with van der Waals surface area (Å²) < 4.78 is 5.00. The van der Waals surface area contributed by atoms with Gasteiger partial charge in [0.2, 0.25) is 0 Å². The van der Waals surface area contributed by atoms with Crippen molar-refractivity contribution in [1.82, 2.24) is 0 Å². The van der Waals surface area contributed by atoms with Gasteiger partial charge in [0.1, 0.15) is 0 Å². The number of aliphatic hydroxyl groups is 1. The second-order valence-corrected chi connectivity index (χ2v) is 8.04. The highest BCUT2D eigenvalue weighted by molar-refractivity contribution is 5.82. The first kappa shape index (κ1) is 17.2. The van der Waals surface area contributed by atoms with Gasteiger partial charge >= 0.3 is 5.97 Å². The third kappa shape index (κ3) is 2.50. The van der Waals surface area contributed by atoms with Gasteiger partial charge in [-0.05, 0) is 42.6 Å². The van der Waals surface area contributed by atoms with Crippen LogP contribution in [0.2, 0.25) is 0 Å². The summed E-state index contributed by atoms with van der Waals surface area (Å²) in [5.74, 6) is 0.616. The molecule has 1 aromatic rings. The van der Waals surface area contributed by atoms with Gasteiger partial charge in [0.15, 0.2) is 5.60 Å². The third-order valence-electron chi connectivity index (χ3n) is 6.30. The monoisotopic (exact) mass is 328 g/mol. The lowest BCUT2D eigenvalue weighted by atomic mass is 9.52. The fourth-order valence-electron chi connectivity index (χ4n) is 4.75. The van der Waals surface area contributed by atoms with Gasteiger partial charge in [-0.3, -0.25) is 0 Å². The maximum atomic E-state index is 12.5. The largest absolute Gasteiger partial charge is 0.467 e. The fraction of sp³-hybridized carbons (Fsp3) is 0.571. The standard InChI is InChI=1S/C21H28O3/c1-14-10-11-18-16(12-14)17(15-8-6-5-7-9-15)13-21(23,19(22)24-4)20(18,2)3/h5-9,11,14,16-17,23H,10,12-13H2,1-4H3/t14-,16-,17-,21-/m1/s1. The zero-order valence-electron chi connectivity index (χ0n) is 15.1. The lowest BCUT2D eigenvalue weighted by molar-refractivity contribution is -0.180. The molecule has 0 unspecified atom stereocenters. The molecule has 0 bridgehead atoms. The van der Waals surface area contributed by atoms with Crippen LogP contribution in [0.3, 0.4) is 0 Å². The summed E-state index contributed by atoms with van der Waals surface area (Å²) in [5, 5.41) is 11.4. The van der Waals surface area contributed by atoms with Crippen molar-refractivity contribution in [2.75, 3.05) is 7.11 Å². The third-order valence-corrected chi connectivity index (χ3v) is 6.30. The lowest BCUT2D eigenvalue weighted by Crippen LogP contribution is -2.59. The topological polar surface area (TPSA) is 46.5 Å². The Labute approximate surface area is 144 Å². The number of esters is 1. The average Bonchev–Trinajstić information content (AvgIpc) is 2.58. The Morgan fingerprint density at radius 1 is 1.21 bits per heavy atom. The number of carbonyl (C=O) groups is 1. The smallest absolute Gasteiger partial charge is 0.338 e. The van der Waals surface area contributed by atoms with Crippen LogP contribution in [0.1, 0.15) is 51.5 Å². The van der Waals surface area contributed by atoms with Crippen molar-refractivity contribution >= 4 is 5.97 Å². The number of methoxy groups -OCH3 is 1. The fourth-order valence-corrected chi connectivity index (χ4v) is 4.75. The van der Waals surface area contributed by atoms with Crippen molar-refractivity contribution in [2.24, 2.45) is 17.3 Å². The molecule has 2 aliphatic rings. The number of allylic oxidation sites excluding steroid dienone is 1. The summed E-state index contributed by atoms with van der Waals surface area (Å²) in [5.41, 5.74) is 0.301. The number of fused-ring (bicyclic) bond motifs is 1. The predicted molar refractivity (Wildman–Crippen MR) is 94.5 cm³/mol. The summed E-state index contributed by atoms with van der Waals surface area (Å²) in [6.07, 6.45) is 4.79. The maximum Gasteiger partial charge on any atom is 0.338 e. The van der Waals surface area contributed by atoms with E-state index in [4.69, 9.17) is 4.74 Å². The van der Waals surface area contributed by atoms with Gasteiger partial charge < -0.3 is 9.84 Å². The molecule has 1 N–H and O–H groups in total. The first-order chi connectivity index (χ1) is 11.3. The molecule has 3 heteroatoms. The zero-order valence-corrected chi connectivity index (χ0v) is 15.1. The minimum Gasteiger partial charge on any atom is -0.467 e. The van der Waals surface area contributed by atoms with E-state index in [0.717, 1.165) is 12.8 Å². The molecule has 1 fully saturated rings. The van der Waals surface area contributed by atoms with Gasteiger partial charge in [0.25, 0.3) is 0 Å². The van der Waals surface area contributed by atoms with E-state index in [-0.39, 0.29) is 5.92 Å². The minimum atomic E-state index is -1.49. The number of benzene rings is 1. The quantitative estimate of drug-likeness (QED) is 0.657. The first-order valence-electron chi connectivity index (χ1n) is 8.87. The van der Waals surface area contributed by atoms with Gasteiger partial charge in [0.05, 0.1) is 7.11 Å². The van der Waals surface area contributed by atoms with Gasteiger partial charge in [-0.2, -0.15) is 0 Å². The molecule has 3 nitrogen and oxygen atoms in total. The van der Waals surface area contributed by atoms with Crippen molar-refractivity contribution < 1.29 is 14.6 Å². The normalized spacial score (nSPS) is 34.9. The molecule has 0 heterocycles. The molecule has 0 aromatic heterocycles. The van der Waals surface area contributed by atoms with E-state index in [2.05, 4.69) is 25.1 Å². The molecule has 0 amide bonds. The molecule has 1 aromatic carbocycles. The van der Waals surface area contributed by atoms with Crippen molar-refractivity contribution in [1.29, 1.82) is 0 Å². The summed E-state index contributed by atoms with van der Waals surface area (Å²) in [7, 11) is 1.36. The number of hydrogen-bond donors (Lipinski definition) is 1. The molecule has 0 aliphatic heterocycles. The average molecular weight is 328 g/mol. The molecule has 0 radical (unpaired) electrons. The maximum absolute atomic E-state index is 12.5. The van der Waals surface area contributed by atoms with Crippen LogP contribution in [-0.2, 0) is 9.53 Å². The van der Waals surface area contributed by atoms with Crippen molar-refractivity contribution in [3.8, 4) is 0 Å². The van der Waals surface area contributed by atoms with Crippen molar-refractivity contribution in [3.05, 3.63) is 47.5 Å². The Morgan fingerprint density at radius 2 is 1.88 bits per heavy atom. The minimum absolute atomic E-state index is 0.136. The van der Waals surface area contributed by atoms with Gasteiger partial charge in [-0.15, -0.1) is 0 Å². The van der Waals surface area contributed by atoms with E-state index < -0.39 is 17.0 Å². The predicted octanol–water partition coefficient (Wildman–Crippen LogP) is 4.08. The second-order valence-electron chi connectivity index (χ2n) is 8.04. The van der Waals surface area contributed by atoms with Crippen LogP contribution < -0.4 is 0 Å². The summed E-state index contributed by atoms with van der Waals surface area (Å²) in [6.45, 7) is 6.25. The lowest BCUT2D eigenvalue weighted by Gasteiger charge is -2.54. The number of hydrogen-bond acceptors (Lipinski definition) is 3. The van der Waals surface area contributed by atoms with E-state index in [1.165, 1.54) is 18.2 Å². The highest BCUT2D eigenvalue weighted by Gasteiger charge is 2.60. The molecule has 130 valence electrons. The van der Waals surface area contributed by atoms with Crippen LogP contribution >= 0.6 is 0 Å². The van der Waals surface area contributed by atoms with E-state index in [9.17, 15) is 9.90 Å². The highest BCUT2D eigenvalue weighted by Crippen LogP contribution is 2.58. The number of carbonyl (C=O) groups excluding carboxylic acids is 1. The van der Waals surface area contributed by atoms with Gasteiger partial charge in [-0.1, -0.05) is 62.8 Å².